The van der Waals surface area contributed by atoms with Crippen LogP contribution in [0.3, 0.4) is 0 Å². The lowest BCUT2D eigenvalue weighted by atomic mass is 10.0. The van der Waals surface area contributed by atoms with Crippen molar-refractivity contribution in [3.05, 3.63) is 53.1 Å². The van der Waals surface area contributed by atoms with Gasteiger partial charge in [-0.15, -0.1) is 10.2 Å². The van der Waals surface area contributed by atoms with Crippen molar-refractivity contribution in [2.75, 3.05) is 7.11 Å². The highest BCUT2D eigenvalue weighted by Gasteiger charge is 2.18. The van der Waals surface area contributed by atoms with E-state index in [4.69, 9.17) is 20.8 Å². The minimum atomic E-state index is -0.262. The predicted octanol–water partition coefficient (Wildman–Crippen LogP) is 4.24. The number of benzene rings is 1. The maximum absolute atomic E-state index is 11.5. The quantitative estimate of drug-likeness (QED) is 0.638. The fourth-order valence-electron chi connectivity index (χ4n) is 2.42. The van der Waals surface area contributed by atoms with Crippen molar-refractivity contribution >= 4 is 28.8 Å². The summed E-state index contributed by atoms with van der Waals surface area (Å²) in [6.07, 6.45) is 1.22. The van der Waals surface area contributed by atoms with Crippen LogP contribution in [0.15, 0.2) is 41.3 Å². The molecule has 134 valence electrons. The molecule has 26 heavy (non-hydrogen) atoms. The highest BCUT2D eigenvalue weighted by atomic mass is 35.5. The Bertz CT molecular complexity index is 964. The van der Waals surface area contributed by atoms with Gasteiger partial charge in [0.05, 0.1) is 12.0 Å². The predicted molar refractivity (Wildman–Crippen MR) is 101 cm³/mol. The van der Waals surface area contributed by atoms with Gasteiger partial charge in [-0.25, -0.2) is 0 Å². The van der Waals surface area contributed by atoms with Gasteiger partial charge in [-0.05, 0) is 48.4 Å². The maximum atomic E-state index is 11.5. The fraction of sp³-hybridized carbons (Fsp3) is 0.167. The summed E-state index contributed by atoms with van der Waals surface area (Å²) in [4.78, 5) is 12.3. The van der Waals surface area contributed by atoms with Crippen LogP contribution in [0.2, 0.25) is 5.02 Å². The van der Waals surface area contributed by atoms with Crippen LogP contribution < -0.4 is 10.1 Å². The summed E-state index contributed by atoms with van der Waals surface area (Å²) in [6.45, 7) is 5.66. The number of rotatable bonds is 6. The number of aryl methyl sites for hydroxylation is 1. The second-order valence-corrected chi connectivity index (χ2v) is 6.89. The lowest BCUT2D eigenvalue weighted by Gasteiger charge is -2.11. The SMILES string of the molecule is C=CC(=O)NCc1c(C)cc(Cl)cc1-c1nnc(-c2ccc(OC)s2)o1. The summed E-state index contributed by atoms with van der Waals surface area (Å²) < 4.78 is 11.0. The number of nitrogens with one attached hydrogen (secondary N) is 1. The Morgan fingerprint density at radius 1 is 1.38 bits per heavy atom. The Hall–Kier alpha value is -2.64. The van der Waals surface area contributed by atoms with Crippen molar-refractivity contribution in [3.8, 4) is 27.3 Å². The zero-order valence-electron chi connectivity index (χ0n) is 14.2. The first kappa shape index (κ1) is 18.2. The molecule has 0 aliphatic rings. The molecule has 2 aromatic heterocycles. The van der Waals surface area contributed by atoms with Gasteiger partial charge < -0.3 is 14.5 Å². The van der Waals surface area contributed by atoms with Crippen LogP contribution in [-0.4, -0.2) is 23.2 Å². The number of ether oxygens (including phenoxy) is 1. The number of aromatic nitrogens is 2. The molecular weight excluding hydrogens is 374 g/mol. The molecule has 1 amide bonds. The van der Waals surface area contributed by atoms with Gasteiger partial charge in [0.1, 0.15) is 0 Å². The zero-order chi connectivity index (χ0) is 18.7. The Morgan fingerprint density at radius 2 is 2.15 bits per heavy atom. The van der Waals surface area contributed by atoms with E-state index in [0.717, 1.165) is 21.1 Å². The number of halogens is 1. The standard InChI is InChI=1S/C18H16ClN3O3S/c1-4-15(23)20-9-13-10(2)7-11(19)8-12(13)17-21-22-18(25-17)14-5-6-16(24-3)26-14/h4-8H,1,9H2,2-3H3,(H,20,23). The largest absolute Gasteiger partial charge is 0.487 e. The Morgan fingerprint density at radius 3 is 2.85 bits per heavy atom. The number of nitrogens with zero attached hydrogens (tertiary/aromatic N) is 2. The molecular formula is C18H16ClN3O3S. The number of methoxy groups -OCH3 is 1. The third kappa shape index (κ3) is 3.79. The molecule has 3 rings (SSSR count). The number of hydrogen-bond acceptors (Lipinski definition) is 6. The van der Waals surface area contributed by atoms with Gasteiger partial charge in [0.25, 0.3) is 5.89 Å². The average molecular weight is 390 g/mol. The van der Waals surface area contributed by atoms with Crippen molar-refractivity contribution in [1.29, 1.82) is 0 Å². The second-order valence-electron chi connectivity index (χ2n) is 5.41. The molecule has 0 radical (unpaired) electrons. The maximum Gasteiger partial charge on any atom is 0.258 e. The van der Waals surface area contributed by atoms with Gasteiger partial charge in [-0.2, -0.15) is 0 Å². The molecule has 0 saturated carbocycles. The van der Waals surface area contributed by atoms with E-state index in [1.165, 1.54) is 17.4 Å². The molecule has 3 aromatic rings. The molecule has 0 bridgehead atoms. The highest BCUT2D eigenvalue weighted by Crippen LogP contribution is 2.35. The molecule has 0 unspecified atom stereocenters. The van der Waals surface area contributed by atoms with Crippen LogP contribution in [-0.2, 0) is 11.3 Å². The Labute approximate surface area is 159 Å². The van der Waals surface area contributed by atoms with Crippen LogP contribution in [0.25, 0.3) is 22.2 Å². The van der Waals surface area contributed by atoms with Crippen molar-refractivity contribution < 1.29 is 13.9 Å². The van der Waals surface area contributed by atoms with E-state index in [-0.39, 0.29) is 5.91 Å². The molecule has 1 aromatic carbocycles. The summed E-state index contributed by atoms with van der Waals surface area (Å²) >= 11 is 7.61. The number of hydrogen-bond donors (Lipinski definition) is 1. The zero-order valence-corrected chi connectivity index (χ0v) is 15.8. The van der Waals surface area contributed by atoms with Gasteiger partial charge in [0.15, 0.2) is 5.06 Å². The lowest BCUT2D eigenvalue weighted by Crippen LogP contribution is -2.21. The fourth-order valence-corrected chi connectivity index (χ4v) is 3.44. The monoisotopic (exact) mass is 389 g/mol. The van der Waals surface area contributed by atoms with E-state index in [1.54, 1.807) is 13.2 Å². The molecule has 1 N–H and O–H groups in total. The number of carbonyl (C=O) groups excluding carboxylic acids is 1. The first-order chi connectivity index (χ1) is 12.5. The van der Waals surface area contributed by atoms with Crippen LogP contribution in [0.1, 0.15) is 11.1 Å². The molecule has 0 fully saturated rings. The van der Waals surface area contributed by atoms with Crippen molar-refractivity contribution in [2.45, 2.75) is 13.5 Å². The van der Waals surface area contributed by atoms with Crippen molar-refractivity contribution in [2.24, 2.45) is 0 Å². The van der Waals surface area contributed by atoms with Crippen molar-refractivity contribution in [3.63, 3.8) is 0 Å². The molecule has 0 saturated heterocycles. The topological polar surface area (TPSA) is 77.2 Å². The first-order valence-corrected chi connectivity index (χ1v) is 8.88. The van der Waals surface area contributed by atoms with Gasteiger partial charge in [-0.3, -0.25) is 4.79 Å². The van der Waals surface area contributed by atoms with Crippen LogP contribution in [0.5, 0.6) is 5.06 Å². The molecule has 0 spiro atoms. The van der Waals surface area contributed by atoms with E-state index >= 15 is 0 Å². The van der Waals surface area contributed by atoms with Gasteiger partial charge in [-0.1, -0.05) is 29.5 Å². The van der Waals surface area contributed by atoms with Crippen LogP contribution in [0.4, 0.5) is 0 Å². The van der Waals surface area contributed by atoms with E-state index in [9.17, 15) is 4.79 Å². The number of thiophene rings is 1. The lowest BCUT2D eigenvalue weighted by molar-refractivity contribution is -0.116. The normalized spacial score (nSPS) is 10.6. The molecule has 8 heteroatoms. The van der Waals surface area contributed by atoms with Crippen LogP contribution in [0, 0.1) is 6.92 Å². The Balaban J connectivity index is 1.97. The Kier molecular flexibility index (Phi) is 5.39. The average Bonchev–Trinajstić information content (AvgIpc) is 3.28. The van der Waals surface area contributed by atoms with Gasteiger partial charge in [0, 0.05) is 17.1 Å². The highest BCUT2D eigenvalue weighted by molar-refractivity contribution is 7.17. The molecule has 0 aliphatic carbocycles. The molecule has 2 heterocycles. The number of carbonyl (C=O) groups is 1. The summed E-state index contributed by atoms with van der Waals surface area (Å²) in [5.41, 5.74) is 2.44. The third-order valence-corrected chi connectivity index (χ3v) is 4.96. The second kappa shape index (κ2) is 7.72. The summed E-state index contributed by atoms with van der Waals surface area (Å²) in [5, 5.41) is 12.3. The van der Waals surface area contributed by atoms with E-state index in [2.05, 4.69) is 22.1 Å². The van der Waals surface area contributed by atoms with E-state index in [1.807, 2.05) is 25.1 Å². The summed E-state index contributed by atoms with van der Waals surface area (Å²) in [6, 6.07) is 7.26. The van der Waals surface area contributed by atoms with Crippen LogP contribution >= 0.6 is 22.9 Å². The molecule has 6 nitrogen and oxygen atoms in total. The first-order valence-electron chi connectivity index (χ1n) is 7.69. The summed E-state index contributed by atoms with van der Waals surface area (Å²) in [5.74, 6) is 0.468. The summed E-state index contributed by atoms with van der Waals surface area (Å²) in [7, 11) is 1.60. The molecule has 0 atom stereocenters. The third-order valence-electron chi connectivity index (χ3n) is 3.71. The van der Waals surface area contributed by atoms with E-state index in [0.29, 0.717) is 28.9 Å². The smallest absolute Gasteiger partial charge is 0.258 e. The number of amides is 1. The van der Waals surface area contributed by atoms with Gasteiger partial charge in [0.2, 0.25) is 11.8 Å². The minimum Gasteiger partial charge on any atom is -0.487 e. The molecule has 0 aliphatic heterocycles. The van der Waals surface area contributed by atoms with E-state index < -0.39 is 0 Å². The minimum absolute atomic E-state index is 0.262. The van der Waals surface area contributed by atoms with Crippen molar-refractivity contribution in [1.82, 2.24) is 15.5 Å². The van der Waals surface area contributed by atoms with Gasteiger partial charge >= 0.3 is 0 Å².